The van der Waals surface area contributed by atoms with Crippen LogP contribution in [-0.2, 0) is 26.5 Å². The Morgan fingerprint density at radius 1 is 0.769 bits per heavy atom. The SMILES string of the molecule is COc1ccc(C(=O)Nc2ccc(CN3C(=O)[C@@]4(O[C@@H](CC(=O)N5CCC[C@H]5CO)[C@H]([Si](C)(C)c5ccc(OC)cc5)[C@H]4C)c4cc(NC(=O)c5ccc(OC)cc5)ccc43)cc2)cc1. The highest BCUT2D eigenvalue weighted by molar-refractivity contribution is 6.91. The van der Waals surface area contributed by atoms with Gasteiger partial charge in [0.05, 0.1) is 66.8 Å². The molecule has 2 saturated heterocycles. The molecule has 1 spiro atoms. The van der Waals surface area contributed by atoms with Gasteiger partial charge in [0.25, 0.3) is 17.7 Å². The van der Waals surface area contributed by atoms with Crippen molar-refractivity contribution >= 4 is 54.0 Å². The Hall–Kier alpha value is -6.48. The molecule has 3 N–H and O–H groups in total. The zero-order chi connectivity index (χ0) is 46.0. The second-order valence-electron chi connectivity index (χ2n) is 17.6. The third-order valence-electron chi connectivity index (χ3n) is 13.6. The molecule has 0 saturated carbocycles. The molecule has 2 fully saturated rings. The van der Waals surface area contributed by atoms with Crippen molar-refractivity contribution in [1.82, 2.24) is 4.90 Å². The first-order valence-electron chi connectivity index (χ1n) is 22.0. The van der Waals surface area contributed by atoms with Crippen LogP contribution in [0.5, 0.6) is 17.2 Å². The number of nitrogens with zero attached hydrogens (tertiary/aromatic N) is 2. The lowest BCUT2D eigenvalue weighted by molar-refractivity contribution is -0.150. The summed E-state index contributed by atoms with van der Waals surface area (Å²) in [6.07, 6.45) is 0.926. The minimum Gasteiger partial charge on any atom is -0.497 e. The van der Waals surface area contributed by atoms with Gasteiger partial charge in [0, 0.05) is 40.5 Å². The van der Waals surface area contributed by atoms with Crippen LogP contribution in [0.2, 0.25) is 18.6 Å². The third-order valence-corrected chi connectivity index (χ3v) is 18.0. The fourth-order valence-electron chi connectivity index (χ4n) is 10.2. The molecular formula is C51H56N4O9Si. The molecule has 0 aromatic heterocycles. The van der Waals surface area contributed by atoms with E-state index in [-0.39, 0.29) is 54.8 Å². The van der Waals surface area contributed by atoms with Gasteiger partial charge in [-0.3, -0.25) is 19.2 Å². The van der Waals surface area contributed by atoms with E-state index in [9.17, 15) is 19.5 Å². The van der Waals surface area contributed by atoms with Crippen LogP contribution in [0, 0.1) is 5.92 Å². The molecule has 8 rings (SSSR count). The van der Waals surface area contributed by atoms with E-state index in [1.807, 2.05) is 36.4 Å². The third kappa shape index (κ3) is 8.61. The Morgan fingerprint density at radius 3 is 1.86 bits per heavy atom. The predicted octanol–water partition coefficient (Wildman–Crippen LogP) is 7.35. The lowest BCUT2D eigenvalue weighted by Crippen LogP contribution is -2.52. The molecule has 0 aliphatic carbocycles. The molecule has 5 aromatic rings. The van der Waals surface area contributed by atoms with E-state index in [0.717, 1.165) is 29.3 Å². The summed E-state index contributed by atoms with van der Waals surface area (Å²) in [7, 11) is 2.15. The molecule has 4 amide bonds. The number of amides is 4. The minimum absolute atomic E-state index is 0.0417. The summed E-state index contributed by atoms with van der Waals surface area (Å²) >= 11 is 0. The first kappa shape index (κ1) is 45.1. The van der Waals surface area contributed by atoms with Gasteiger partial charge >= 0.3 is 0 Å². The highest BCUT2D eigenvalue weighted by Gasteiger charge is 2.66. The number of benzene rings is 5. The number of aliphatic hydroxyl groups is 1. The Kier molecular flexibility index (Phi) is 12.9. The van der Waals surface area contributed by atoms with Crippen LogP contribution in [0.1, 0.15) is 58.0 Å². The molecule has 13 nitrogen and oxygen atoms in total. The first-order valence-corrected chi connectivity index (χ1v) is 25.1. The molecule has 3 aliphatic rings. The predicted molar refractivity (Wildman–Crippen MR) is 252 cm³/mol. The summed E-state index contributed by atoms with van der Waals surface area (Å²) in [6, 6.07) is 34.3. The van der Waals surface area contributed by atoms with Crippen molar-refractivity contribution in [2.75, 3.05) is 50.0 Å². The molecule has 5 aromatic carbocycles. The minimum atomic E-state index is -2.61. The van der Waals surface area contributed by atoms with Gasteiger partial charge in [-0.1, -0.05) is 49.5 Å². The van der Waals surface area contributed by atoms with Crippen molar-refractivity contribution in [1.29, 1.82) is 0 Å². The average molecular weight is 897 g/mol. The largest absolute Gasteiger partial charge is 0.497 e. The highest BCUT2D eigenvalue weighted by Crippen LogP contribution is 2.60. The summed E-state index contributed by atoms with van der Waals surface area (Å²) in [5.41, 5.74) is 2.30. The number of anilines is 3. The second kappa shape index (κ2) is 18.6. The Balaban J connectivity index is 1.16. The van der Waals surface area contributed by atoms with Crippen molar-refractivity contribution in [3.05, 3.63) is 138 Å². The lowest BCUT2D eigenvalue weighted by atomic mass is 9.82. The number of aliphatic hydroxyl groups excluding tert-OH is 1. The first-order chi connectivity index (χ1) is 31.3. The maximum absolute atomic E-state index is 15.6. The van der Waals surface area contributed by atoms with Crippen LogP contribution < -0.4 is 34.9 Å². The number of methoxy groups -OCH3 is 3. The quantitative estimate of drug-likeness (QED) is 0.0971. The van der Waals surface area contributed by atoms with E-state index in [0.29, 0.717) is 51.8 Å². The number of likely N-dealkylation sites (tertiary alicyclic amines) is 1. The molecule has 0 unspecified atom stereocenters. The van der Waals surface area contributed by atoms with E-state index in [2.05, 4.69) is 42.8 Å². The summed E-state index contributed by atoms with van der Waals surface area (Å²) in [5, 5.41) is 17.3. The Morgan fingerprint density at radius 2 is 1.31 bits per heavy atom. The normalized spacial score (nSPS) is 21.3. The molecule has 65 heavy (non-hydrogen) atoms. The van der Waals surface area contributed by atoms with Crippen LogP contribution in [-0.4, -0.2) is 88.3 Å². The fourth-order valence-corrected chi connectivity index (χ4v) is 14.2. The zero-order valence-corrected chi connectivity index (χ0v) is 38.6. The van der Waals surface area contributed by atoms with Gasteiger partial charge in [0.1, 0.15) is 17.2 Å². The van der Waals surface area contributed by atoms with Crippen molar-refractivity contribution in [2.24, 2.45) is 5.92 Å². The van der Waals surface area contributed by atoms with E-state index in [1.54, 1.807) is 97.9 Å². The fraction of sp³-hybridized carbons (Fsp3) is 0.333. The lowest BCUT2D eigenvalue weighted by Gasteiger charge is -2.37. The van der Waals surface area contributed by atoms with E-state index >= 15 is 4.79 Å². The van der Waals surface area contributed by atoms with Crippen molar-refractivity contribution in [3.8, 4) is 17.2 Å². The number of ether oxygens (including phenoxy) is 4. The highest BCUT2D eigenvalue weighted by atomic mass is 28.3. The summed E-state index contributed by atoms with van der Waals surface area (Å²) < 4.78 is 23.3. The number of rotatable bonds is 14. The van der Waals surface area contributed by atoms with Crippen molar-refractivity contribution in [2.45, 2.75) is 69.1 Å². The maximum atomic E-state index is 15.6. The van der Waals surface area contributed by atoms with Crippen molar-refractivity contribution < 1.29 is 43.2 Å². The molecule has 338 valence electrons. The maximum Gasteiger partial charge on any atom is 0.264 e. The van der Waals surface area contributed by atoms with Gasteiger partial charge in [-0.05, 0) is 115 Å². The molecule has 0 radical (unpaired) electrons. The molecule has 3 aliphatic heterocycles. The van der Waals surface area contributed by atoms with Crippen LogP contribution >= 0.6 is 0 Å². The summed E-state index contributed by atoms with van der Waals surface area (Å²) in [6.45, 7) is 7.22. The number of hydrogen-bond donors (Lipinski definition) is 3. The van der Waals surface area contributed by atoms with Crippen LogP contribution in [0.15, 0.2) is 115 Å². The molecule has 5 atom stereocenters. The van der Waals surface area contributed by atoms with Gasteiger partial charge in [-0.15, -0.1) is 0 Å². The van der Waals surface area contributed by atoms with Gasteiger partial charge in [-0.25, -0.2) is 0 Å². The van der Waals surface area contributed by atoms with Gasteiger partial charge in [0.15, 0.2) is 5.60 Å². The topological polar surface area (TPSA) is 156 Å². The monoisotopic (exact) mass is 896 g/mol. The average Bonchev–Trinajstić information content (AvgIpc) is 3.99. The van der Waals surface area contributed by atoms with E-state index in [4.69, 9.17) is 18.9 Å². The standard InChI is InChI=1S/C51H56N4O9Si/c1-32-47(65(5,6)42-24-22-41(63-4)23-25-42)45(29-46(57)54-27-7-8-38(54)31-56)64-51(32)43-28-37(53-49(59)35-13-20-40(62-3)21-14-35)17-26-44(43)55(50(51)60)30-33-9-15-36(16-10-33)52-48(58)34-11-18-39(61-2)19-12-34/h9-26,28,32,38,45,47,56H,7-8,27,29-31H2,1-6H3,(H,52,58)(H,53,59)/t32-,38+,45+,47-,51+/m1/s1. The number of nitrogens with one attached hydrogen (secondary N) is 2. The number of fused-ring (bicyclic) bond motifs is 2. The number of carbonyl (C=O) groups is 4. The number of carbonyl (C=O) groups excluding carboxylic acids is 4. The van der Waals surface area contributed by atoms with Gasteiger partial charge in [-0.2, -0.15) is 0 Å². The van der Waals surface area contributed by atoms with Crippen LogP contribution in [0.3, 0.4) is 0 Å². The molecular weight excluding hydrogens is 841 g/mol. The van der Waals surface area contributed by atoms with Crippen molar-refractivity contribution in [3.63, 3.8) is 0 Å². The smallest absolute Gasteiger partial charge is 0.264 e. The second-order valence-corrected chi connectivity index (χ2v) is 22.3. The van der Waals surface area contributed by atoms with E-state index in [1.165, 1.54) is 0 Å². The van der Waals surface area contributed by atoms with E-state index < -0.39 is 25.7 Å². The van der Waals surface area contributed by atoms with Crippen LogP contribution in [0.4, 0.5) is 17.1 Å². The summed E-state index contributed by atoms with van der Waals surface area (Å²) in [4.78, 5) is 60.1. The molecule has 14 heteroatoms. The number of hydrogen-bond acceptors (Lipinski definition) is 9. The summed E-state index contributed by atoms with van der Waals surface area (Å²) in [5.74, 6) is 0.615. The van der Waals surface area contributed by atoms with Crippen LogP contribution in [0.25, 0.3) is 0 Å². The molecule has 0 bridgehead atoms. The molecule has 3 heterocycles. The Bertz CT molecular complexity index is 2550. The van der Waals surface area contributed by atoms with Gasteiger partial charge < -0.3 is 44.5 Å². The van der Waals surface area contributed by atoms with Gasteiger partial charge in [0.2, 0.25) is 5.91 Å². The Labute approximate surface area is 380 Å². The zero-order valence-electron chi connectivity index (χ0n) is 37.6.